The molecular weight excluding hydrogens is 606 g/mol. The molecule has 220 valence electrons. The Hall–Kier alpha value is -1.94. The van der Waals surface area contributed by atoms with E-state index in [4.69, 9.17) is 23.0 Å². The van der Waals surface area contributed by atoms with Crippen LogP contribution in [0.25, 0.3) is 5.57 Å². The Balaban J connectivity index is -0.000000870. The number of allylic oxidation sites excluding steroid dienone is 8. The average molecular weight is 654 g/mol. The van der Waals surface area contributed by atoms with Crippen molar-refractivity contribution in [2.75, 3.05) is 0 Å². The number of carbonyl (C=O) groups is 1. The molecule has 0 saturated heterocycles. The van der Waals surface area contributed by atoms with Crippen LogP contribution in [0.5, 0.6) is 0 Å². The first-order chi connectivity index (χ1) is 19.1. The van der Waals surface area contributed by atoms with Crippen LogP contribution in [0.3, 0.4) is 0 Å². The first-order valence-electron chi connectivity index (χ1n) is 13.8. The molecular formula is C36H48ClFNOY. The van der Waals surface area contributed by atoms with E-state index in [9.17, 15) is 4.39 Å². The van der Waals surface area contributed by atoms with Gasteiger partial charge in [-0.05, 0) is 74.6 Å². The summed E-state index contributed by atoms with van der Waals surface area (Å²) in [6.45, 7) is 32.7. The van der Waals surface area contributed by atoms with Gasteiger partial charge in [0.1, 0.15) is 12.1 Å². The van der Waals surface area contributed by atoms with Gasteiger partial charge in [-0.3, -0.25) is 17.6 Å². The Labute approximate surface area is 280 Å². The van der Waals surface area contributed by atoms with Crippen LogP contribution in [0.15, 0.2) is 82.5 Å². The third-order valence-corrected chi connectivity index (χ3v) is 6.11. The summed E-state index contributed by atoms with van der Waals surface area (Å²) < 4.78 is 14.2. The minimum Gasteiger partial charge on any atom is -0.521 e. The predicted octanol–water partition coefficient (Wildman–Crippen LogP) is 11.1. The van der Waals surface area contributed by atoms with Gasteiger partial charge < -0.3 is 29.6 Å². The Bertz CT molecular complexity index is 1060. The molecule has 0 saturated carbocycles. The van der Waals surface area contributed by atoms with Gasteiger partial charge in [0.15, 0.2) is 0 Å². The number of rotatable bonds is 11. The maximum atomic E-state index is 14.2. The fourth-order valence-electron chi connectivity index (χ4n) is 3.79. The van der Waals surface area contributed by atoms with Gasteiger partial charge in [-0.25, -0.2) is 4.39 Å². The smallest absolute Gasteiger partial charge is 0.521 e. The zero-order valence-corrected chi connectivity index (χ0v) is 29.6. The molecule has 5 heteroatoms. The van der Waals surface area contributed by atoms with Gasteiger partial charge in [-0.1, -0.05) is 70.4 Å². The summed E-state index contributed by atoms with van der Waals surface area (Å²) in [7, 11) is 0. The van der Waals surface area contributed by atoms with Crippen LogP contribution in [0.4, 0.5) is 4.39 Å². The van der Waals surface area contributed by atoms with Crippen LogP contribution in [0.2, 0.25) is 0 Å². The van der Waals surface area contributed by atoms with Crippen LogP contribution in [-0.2, 0) is 37.5 Å². The molecule has 0 fully saturated rings. The topological polar surface area (TPSA) is 29.4 Å². The van der Waals surface area contributed by atoms with Gasteiger partial charge in [0.2, 0.25) is 0 Å². The van der Waals surface area contributed by atoms with Crippen LogP contribution >= 0.6 is 11.6 Å². The fourth-order valence-corrected chi connectivity index (χ4v) is 4.00. The molecule has 0 spiro atoms. The van der Waals surface area contributed by atoms with E-state index in [2.05, 4.69) is 58.2 Å². The molecule has 41 heavy (non-hydrogen) atoms. The summed E-state index contributed by atoms with van der Waals surface area (Å²) in [6, 6.07) is 4.88. The first kappa shape index (κ1) is 43.5. The van der Waals surface area contributed by atoms with Crippen molar-refractivity contribution in [3.05, 3.63) is 114 Å². The van der Waals surface area contributed by atoms with Crippen molar-refractivity contribution in [2.45, 2.75) is 86.5 Å². The average Bonchev–Trinajstić information content (AvgIpc) is 2.93. The number of hydrogen-bond acceptors (Lipinski definition) is 2. The van der Waals surface area contributed by atoms with Gasteiger partial charge in [0, 0.05) is 17.5 Å². The summed E-state index contributed by atoms with van der Waals surface area (Å²) in [5.74, 6) is 0.503. The number of nitrogens with zero attached hydrogens (tertiary/aromatic N) is 1. The monoisotopic (exact) mass is 653 g/mol. The summed E-state index contributed by atoms with van der Waals surface area (Å²) in [4.78, 5) is 13.4. The Morgan fingerprint density at radius 1 is 1.27 bits per heavy atom. The van der Waals surface area contributed by atoms with E-state index < -0.39 is 0 Å². The zero-order valence-electron chi connectivity index (χ0n) is 26.0. The van der Waals surface area contributed by atoms with Crippen molar-refractivity contribution in [3.8, 4) is 0 Å². The fraction of sp³-hybridized carbons (Fsp3) is 0.389. The van der Waals surface area contributed by atoms with Crippen molar-refractivity contribution in [2.24, 2.45) is 10.9 Å². The van der Waals surface area contributed by atoms with Gasteiger partial charge in [-0.15, -0.1) is 23.8 Å². The standard InChI is InChI=1S/C24H25ClFN.C8H16.C2H4O.C2H3.Y/c1-6-19-11-9-13-27-24(19)20(7-2)14-16(3)15-21(25)18(5)23-17(4)10-8-12-22(23)26;1-4-5-6-7-8(2)3;1-2-3;1-2;/h3,8,10,12-13,15H,5-7,9,11H2,1-2,4H3;4,8H,1,5-7H2,2-3H3;2H,1H3;1H,2H2;/q-2;;;-1;+3/b21-15+;;;;. The van der Waals surface area contributed by atoms with Crippen molar-refractivity contribution in [3.63, 3.8) is 0 Å². The van der Waals surface area contributed by atoms with E-state index in [-0.39, 0.29) is 38.5 Å². The third-order valence-electron chi connectivity index (χ3n) is 5.78. The summed E-state index contributed by atoms with van der Waals surface area (Å²) in [5.41, 5.74) is 5.19. The zero-order chi connectivity index (χ0) is 31.1. The van der Waals surface area contributed by atoms with Gasteiger partial charge in [-0.2, -0.15) is 0 Å². The number of aliphatic imine (C=N–C) groups is 1. The third kappa shape index (κ3) is 18.3. The largest absolute Gasteiger partial charge is 3.00 e. The molecule has 0 aromatic heterocycles. The second-order valence-electron chi connectivity index (χ2n) is 9.32. The number of hydrogen-bond donors (Lipinski definition) is 0. The van der Waals surface area contributed by atoms with Gasteiger partial charge >= 0.3 is 32.7 Å². The SMILES string of the molecule is C=CCCCC(C)C.CC=O.[CH-]=C.[CH-]=C([C-]=C(CC)C1=C(CC)CCC=N1)/C=C(/Cl)C(=C)c1c(C)cccc1F.[Y+3]. The molecule has 0 unspecified atom stereocenters. The summed E-state index contributed by atoms with van der Waals surface area (Å²) in [6.07, 6.45) is 17.0. The molecule has 2 rings (SSSR count). The van der Waals surface area contributed by atoms with E-state index >= 15 is 0 Å². The summed E-state index contributed by atoms with van der Waals surface area (Å²) in [5, 5.41) is 0.292. The van der Waals surface area contributed by atoms with Crippen molar-refractivity contribution >= 4 is 29.7 Å². The van der Waals surface area contributed by atoms with E-state index in [0.717, 1.165) is 54.7 Å². The molecule has 2 nitrogen and oxygen atoms in total. The maximum absolute atomic E-state index is 14.2. The molecule has 0 bridgehead atoms. The molecule has 0 aliphatic carbocycles. The van der Waals surface area contributed by atoms with Gasteiger partial charge in [0.25, 0.3) is 0 Å². The number of halogens is 2. The number of unbranched alkanes of at least 4 members (excludes halogenated alkanes) is 1. The molecule has 0 radical (unpaired) electrons. The van der Waals surface area contributed by atoms with Crippen LogP contribution < -0.4 is 0 Å². The number of carbonyl (C=O) groups excluding carboxylic acids is 1. The Morgan fingerprint density at radius 2 is 1.88 bits per heavy atom. The quantitative estimate of drug-likeness (QED) is 0.0768. The molecule has 1 heterocycles. The van der Waals surface area contributed by atoms with Crippen LogP contribution in [-0.4, -0.2) is 12.5 Å². The molecule has 1 aliphatic rings. The van der Waals surface area contributed by atoms with E-state index in [0.29, 0.717) is 21.7 Å². The molecule has 1 aromatic rings. The van der Waals surface area contributed by atoms with Crippen molar-refractivity contribution in [1.29, 1.82) is 0 Å². The number of benzene rings is 1. The molecule has 1 aromatic carbocycles. The Morgan fingerprint density at radius 3 is 2.37 bits per heavy atom. The molecule has 0 amide bonds. The second-order valence-corrected chi connectivity index (χ2v) is 9.73. The molecule has 0 N–H and O–H groups in total. The minimum atomic E-state index is -0.354. The molecule has 1 aliphatic heterocycles. The predicted molar refractivity (Wildman–Crippen MR) is 175 cm³/mol. The number of aldehydes is 1. The van der Waals surface area contributed by atoms with Crippen LogP contribution in [0.1, 0.15) is 90.7 Å². The van der Waals surface area contributed by atoms with Crippen molar-refractivity contribution < 1.29 is 41.9 Å². The number of aryl methyl sites for hydroxylation is 1. The first-order valence-corrected chi connectivity index (χ1v) is 14.2. The Kier molecular flexibility index (Phi) is 28.6. The van der Waals surface area contributed by atoms with Gasteiger partial charge in [0.05, 0.1) is 0 Å². The minimum absolute atomic E-state index is 0. The van der Waals surface area contributed by atoms with E-state index in [1.54, 1.807) is 12.1 Å². The normalized spacial score (nSPS) is 12.4. The maximum Gasteiger partial charge on any atom is 3.00 e. The van der Waals surface area contributed by atoms with Crippen LogP contribution in [0, 0.1) is 37.9 Å². The summed E-state index contributed by atoms with van der Waals surface area (Å²) >= 11 is 6.38. The second kappa shape index (κ2) is 26.9. The van der Waals surface area contributed by atoms with Crippen molar-refractivity contribution in [1.82, 2.24) is 0 Å². The van der Waals surface area contributed by atoms with E-state index in [1.165, 1.54) is 37.8 Å². The molecule has 0 atom stereocenters. The van der Waals surface area contributed by atoms with E-state index in [1.807, 2.05) is 32.2 Å².